The van der Waals surface area contributed by atoms with Crippen molar-refractivity contribution in [2.75, 3.05) is 19.0 Å². The number of rotatable bonds is 5. The van der Waals surface area contributed by atoms with E-state index >= 15 is 0 Å². The average Bonchev–Trinajstić information content (AvgIpc) is 2.63. The van der Waals surface area contributed by atoms with Crippen molar-refractivity contribution in [3.63, 3.8) is 0 Å². The van der Waals surface area contributed by atoms with Crippen molar-refractivity contribution in [3.8, 4) is 0 Å². The number of carbonyl (C=O) groups is 1. The molecule has 0 spiro atoms. The fourth-order valence-electron chi connectivity index (χ4n) is 1.17. The summed E-state index contributed by atoms with van der Waals surface area (Å²) < 4.78 is 4.98. The Morgan fingerprint density at radius 2 is 2.53 bits per heavy atom. The molecule has 1 aromatic rings. The Labute approximate surface area is 96.7 Å². The van der Waals surface area contributed by atoms with Crippen molar-refractivity contribution in [1.29, 1.82) is 0 Å². The molecule has 0 radical (unpaired) electrons. The fraction of sp³-hybridized carbons (Fsp3) is 0.556. The molecule has 0 saturated heterocycles. The maximum atomic E-state index is 11.7. The van der Waals surface area contributed by atoms with E-state index in [1.807, 2.05) is 0 Å². The quantitative estimate of drug-likeness (QED) is 0.784. The van der Waals surface area contributed by atoms with Crippen LogP contribution in [0.5, 0.6) is 0 Å². The molecule has 1 heterocycles. The zero-order valence-electron chi connectivity index (χ0n) is 8.71. The van der Waals surface area contributed by atoms with E-state index in [9.17, 15) is 4.79 Å². The lowest BCUT2D eigenvalue weighted by atomic mass is 10.2. The summed E-state index contributed by atoms with van der Waals surface area (Å²) in [6, 6.07) is -0.0307. The second kappa shape index (κ2) is 5.87. The molecule has 1 rings (SSSR count). The van der Waals surface area contributed by atoms with Crippen LogP contribution >= 0.6 is 15.9 Å². The van der Waals surface area contributed by atoms with Crippen LogP contribution in [0.25, 0.3) is 0 Å². The van der Waals surface area contributed by atoms with Crippen LogP contribution in [0.2, 0.25) is 0 Å². The second-order valence-corrected chi connectivity index (χ2v) is 3.84. The number of H-pyrrole nitrogens is 1. The Kier molecular flexibility index (Phi) is 4.77. The first kappa shape index (κ1) is 12.2. The number of aromatic nitrogens is 2. The van der Waals surface area contributed by atoms with Gasteiger partial charge in [0.15, 0.2) is 0 Å². The number of methoxy groups -OCH3 is 1. The minimum absolute atomic E-state index is 0.0307. The molecule has 1 aromatic heterocycles. The van der Waals surface area contributed by atoms with E-state index in [4.69, 9.17) is 4.74 Å². The smallest absolute Gasteiger partial charge is 0.255 e. The molecule has 0 aromatic carbocycles. The van der Waals surface area contributed by atoms with Crippen molar-refractivity contribution in [1.82, 2.24) is 15.5 Å². The summed E-state index contributed by atoms with van der Waals surface area (Å²) in [5, 5.41) is 10.0. The Bertz CT molecular complexity index is 327. The van der Waals surface area contributed by atoms with Gasteiger partial charge in [0.1, 0.15) is 0 Å². The van der Waals surface area contributed by atoms with Gasteiger partial charge in [-0.3, -0.25) is 9.89 Å². The third-order valence-corrected chi connectivity index (χ3v) is 2.75. The number of amides is 1. The second-order valence-electron chi connectivity index (χ2n) is 3.19. The first-order chi connectivity index (χ1) is 7.19. The number of alkyl halides is 1. The zero-order valence-corrected chi connectivity index (χ0v) is 10.3. The number of halogens is 1. The summed E-state index contributed by atoms with van der Waals surface area (Å²) in [4.78, 5) is 11.7. The molecule has 15 heavy (non-hydrogen) atoms. The van der Waals surface area contributed by atoms with Crippen LogP contribution in [0, 0.1) is 6.92 Å². The number of hydrogen-bond donors (Lipinski definition) is 2. The lowest BCUT2D eigenvalue weighted by Gasteiger charge is -2.14. The van der Waals surface area contributed by atoms with Gasteiger partial charge in [-0.05, 0) is 6.92 Å². The molecule has 1 atom stereocenters. The molecular weight excluding hydrogens is 262 g/mol. The van der Waals surface area contributed by atoms with Crippen LogP contribution in [-0.4, -0.2) is 41.2 Å². The highest BCUT2D eigenvalue weighted by Gasteiger charge is 2.15. The van der Waals surface area contributed by atoms with Gasteiger partial charge >= 0.3 is 0 Å². The molecule has 6 heteroatoms. The van der Waals surface area contributed by atoms with Crippen LogP contribution < -0.4 is 5.32 Å². The highest BCUT2D eigenvalue weighted by molar-refractivity contribution is 9.09. The van der Waals surface area contributed by atoms with E-state index in [1.54, 1.807) is 14.0 Å². The Hall–Kier alpha value is -0.880. The summed E-state index contributed by atoms with van der Waals surface area (Å²) in [6.07, 6.45) is 1.52. The minimum Gasteiger partial charge on any atom is -0.383 e. The van der Waals surface area contributed by atoms with E-state index in [0.717, 1.165) is 5.69 Å². The summed E-state index contributed by atoms with van der Waals surface area (Å²) >= 11 is 3.31. The molecule has 0 aliphatic heterocycles. The van der Waals surface area contributed by atoms with E-state index in [1.165, 1.54) is 6.20 Å². The molecule has 0 aliphatic rings. The van der Waals surface area contributed by atoms with Gasteiger partial charge in [-0.2, -0.15) is 5.10 Å². The molecule has 0 fully saturated rings. The van der Waals surface area contributed by atoms with E-state index in [-0.39, 0.29) is 11.9 Å². The van der Waals surface area contributed by atoms with E-state index in [0.29, 0.717) is 17.5 Å². The summed E-state index contributed by atoms with van der Waals surface area (Å²) in [7, 11) is 1.60. The predicted molar refractivity (Wildman–Crippen MR) is 60.2 cm³/mol. The number of aromatic amines is 1. The van der Waals surface area contributed by atoms with Gasteiger partial charge in [0.2, 0.25) is 0 Å². The maximum Gasteiger partial charge on any atom is 0.255 e. The Morgan fingerprint density at radius 1 is 1.80 bits per heavy atom. The third kappa shape index (κ3) is 3.32. The monoisotopic (exact) mass is 275 g/mol. The molecule has 0 bridgehead atoms. The Balaban J connectivity index is 2.58. The fourth-order valence-corrected chi connectivity index (χ4v) is 1.52. The molecule has 2 N–H and O–H groups in total. The Morgan fingerprint density at radius 3 is 3.00 bits per heavy atom. The normalized spacial score (nSPS) is 12.5. The predicted octanol–water partition coefficient (Wildman–Crippen LogP) is 0.858. The molecule has 1 amide bonds. The standard InChI is InChI=1S/C9H14BrN3O2/c1-6-8(4-11-13-6)9(14)12-7(3-10)5-15-2/h4,7H,3,5H2,1-2H3,(H,11,13)(H,12,14). The van der Waals surface area contributed by atoms with Crippen LogP contribution in [0.3, 0.4) is 0 Å². The van der Waals surface area contributed by atoms with Crippen LogP contribution in [0.15, 0.2) is 6.20 Å². The SMILES string of the molecule is COCC(CBr)NC(=O)c1cn[nH]c1C. The number of nitrogens with one attached hydrogen (secondary N) is 2. The summed E-state index contributed by atoms with van der Waals surface area (Å²) in [5.41, 5.74) is 1.33. The van der Waals surface area contributed by atoms with Crippen LogP contribution in [0.1, 0.15) is 16.1 Å². The van der Waals surface area contributed by atoms with Gasteiger partial charge in [0.25, 0.3) is 5.91 Å². The highest BCUT2D eigenvalue weighted by atomic mass is 79.9. The van der Waals surface area contributed by atoms with Gasteiger partial charge in [-0.15, -0.1) is 0 Å². The first-order valence-electron chi connectivity index (χ1n) is 4.54. The van der Waals surface area contributed by atoms with Crippen LogP contribution in [0.4, 0.5) is 0 Å². The van der Waals surface area contributed by atoms with Crippen molar-refractivity contribution in [3.05, 3.63) is 17.5 Å². The van der Waals surface area contributed by atoms with Crippen molar-refractivity contribution in [2.45, 2.75) is 13.0 Å². The van der Waals surface area contributed by atoms with E-state index in [2.05, 4.69) is 31.4 Å². The van der Waals surface area contributed by atoms with Gasteiger partial charge in [0, 0.05) is 18.1 Å². The first-order valence-corrected chi connectivity index (χ1v) is 5.67. The lowest BCUT2D eigenvalue weighted by Crippen LogP contribution is -2.39. The summed E-state index contributed by atoms with van der Waals surface area (Å²) in [6.45, 7) is 2.29. The molecular formula is C9H14BrN3O2. The summed E-state index contributed by atoms with van der Waals surface area (Å²) in [5.74, 6) is -0.136. The molecule has 5 nitrogen and oxygen atoms in total. The number of nitrogens with zero attached hydrogens (tertiary/aromatic N) is 1. The lowest BCUT2D eigenvalue weighted by molar-refractivity contribution is 0.0907. The molecule has 1 unspecified atom stereocenters. The number of aryl methyl sites for hydroxylation is 1. The largest absolute Gasteiger partial charge is 0.383 e. The van der Waals surface area contributed by atoms with Crippen molar-refractivity contribution >= 4 is 21.8 Å². The van der Waals surface area contributed by atoms with Gasteiger partial charge < -0.3 is 10.1 Å². The number of hydrogen-bond acceptors (Lipinski definition) is 3. The van der Waals surface area contributed by atoms with Gasteiger partial charge in [-0.25, -0.2) is 0 Å². The average molecular weight is 276 g/mol. The van der Waals surface area contributed by atoms with Crippen molar-refractivity contribution < 1.29 is 9.53 Å². The molecule has 0 aliphatic carbocycles. The maximum absolute atomic E-state index is 11.7. The van der Waals surface area contributed by atoms with Gasteiger partial charge in [-0.1, -0.05) is 15.9 Å². The minimum atomic E-state index is -0.136. The number of ether oxygens (including phenoxy) is 1. The van der Waals surface area contributed by atoms with Crippen LogP contribution in [-0.2, 0) is 4.74 Å². The number of carbonyl (C=O) groups excluding carboxylic acids is 1. The van der Waals surface area contributed by atoms with Crippen molar-refractivity contribution in [2.24, 2.45) is 0 Å². The van der Waals surface area contributed by atoms with Gasteiger partial charge in [0.05, 0.1) is 24.4 Å². The third-order valence-electron chi connectivity index (χ3n) is 1.96. The molecule has 0 saturated carbocycles. The highest BCUT2D eigenvalue weighted by Crippen LogP contribution is 2.03. The topological polar surface area (TPSA) is 67.0 Å². The molecule has 84 valence electrons. The van der Waals surface area contributed by atoms with E-state index < -0.39 is 0 Å². The zero-order chi connectivity index (χ0) is 11.3.